The van der Waals surface area contributed by atoms with Crippen molar-refractivity contribution in [3.05, 3.63) is 70.2 Å². The third kappa shape index (κ3) is 5.21. The molecule has 0 radical (unpaired) electrons. The van der Waals surface area contributed by atoms with Crippen LogP contribution in [-0.2, 0) is 0 Å². The van der Waals surface area contributed by atoms with E-state index >= 15 is 0 Å². The standard InChI is InChI=1S/C20H23ClN2O.ClH/c1-15-4-6-16(7-5-15)19(23-12-2-3-13-23)14-22-20(24)17-8-10-18(21)11-9-17;/h4-11,19H,2-3,12-14H2,1H3,(H,22,24);1H. The van der Waals surface area contributed by atoms with Crippen LogP contribution in [0.5, 0.6) is 0 Å². The minimum atomic E-state index is -0.0528. The topological polar surface area (TPSA) is 32.3 Å². The van der Waals surface area contributed by atoms with Crippen LogP contribution in [0.2, 0.25) is 5.02 Å². The van der Waals surface area contributed by atoms with Gasteiger partial charge in [0.15, 0.2) is 0 Å². The summed E-state index contributed by atoms with van der Waals surface area (Å²) in [6.07, 6.45) is 2.46. The van der Waals surface area contributed by atoms with Crippen molar-refractivity contribution in [2.75, 3.05) is 19.6 Å². The molecule has 0 aliphatic carbocycles. The molecule has 2 aromatic rings. The molecule has 2 aromatic carbocycles. The first kappa shape index (κ1) is 19.8. The maximum absolute atomic E-state index is 12.4. The molecule has 1 saturated heterocycles. The van der Waals surface area contributed by atoms with Crippen LogP contribution in [0.3, 0.4) is 0 Å². The second-order valence-corrected chi connectivity index (χ2v) is 6.82. The highest BCUT2D eigenvalue weighted by molar-refractivity contribution is 6.30. The normalized spacial score (nSPS) is 15.4. The molecule has 25 heavy (non-hydrogen) atoms. The summed E-state index contributed by atoms with van der Waals surface area (Å²) in [5.41, 5.74) is 3.16. The minimum absolute atomic E-state index is 0. The van der Waals surface area contributed by atoms with Crippen LogP contribution in [0.1, 0.15) is 40.4 Å². The molecule has 0 bridgehead atoms. The molecule has 0 aromatic heterocycles. The Kier molecular flexibility index (Phi) is 7.30. The molecule has 3 nitrogen and oxygen atoms in total. The van der Waals surface area contributed by atoms with Crippen molar-refractivity contribution in [2.45, 2.75) is 25.8 Å². The Bertz CT molecular complexity index is 680. The summed E-state index contributed by atoms with van der Waals surface area (Å²) in [5, 5.41) is 3.72. The molecule has 0 saturated carbocycles. The van der Waals surface area contributed by atoms with Gasteiger partial charge < -0.3 is 5.32 Å². The molecule has 1 N–H and O–H groups in total. The number of carbonyl (C=O) groups excluding carboxylic acids is 1. The summed E-state index contributed by atoms with van der Waals surface area (Å²) < 4.78 is 0. The van der Waals surface area contributed by atoms with Crippen molar-refractivity contribution < 1.29 is 4.79 Å². The third-order valence-electron chi connectivity index (χ3n) is 4.61. The highest BCUT2D eigenvalue weighted by atomic mass is 35.5. The third-order valence-corrected chi connectivity index (χ3v) is 4.86. The van der Waals surface area contributed by atoms with Crippen LogP contribution >= 0.6 is 24.0 Å². The molecule has 1 aliphatic heterocycles. The van der Waals surface area contributed by atoms with Gasteiger partial charge in [0, 0.05) is 17.1 Å². The van der Waals surface area contributed by atoms with Crippen molar-refractivity contribution in [1.82, 2.24) is 10.2 Å². The van der Waals surface area contributed by atoms with Gasteiger partial charge in [-0.25, -0.2) is 0 Å². The number of aryl methyl sites for hydroxylation is 1. The molecular formula is C20H24Cl2N2O. The highest BCUT2D eigenvalue weighted by Gasteiger charge is 2.24. The van der Waals surface area contributed by atoms with E-state index in [1.165, 1.54) is 24.0 Å². The number of benzene rings is 2. The summed E-state index contributed by atoms with van der Waals surface area (Å²) in [4.78, 5) is 14.9. The second-order valence-electron chi connectivity index (χ2n) is 6.39. The summed E-state index contributed by atoms with van der Waals surface area (Å²) >= 11 is 5.88. The molecule has 5 heteroatoms. The Morgan fingerprint density at radius 1 is 1.08 bits per heavy atom. The Hall–Kier alpha value is -1.55. The summed E-state index contributed by atoms with van der Waals surface area (Å²) in [6.45, 7) is 4.90. The van der Waals surface area contributed by atoms with Gasteiger partial charge in [-0.3, -0.25) is 9.69 Å². The van der Waals surface area contributed by atoms with E-state index in [1.54, 1.807) is 24.3 Å². The SMILES string of the molecule is Cc1ccc(C(CNC(=O)c2ccc(Cl)cc2)N2CCCC2)cc1.Cl. The fourth-order valence-electron chi connectivity index (χ4n) is 3.19. The van der Waals surface area contributed by atoms with Gasteiger partial charge >= 0.3 is 0 Å². The van der Waals surface area contributed by atoms with E-state index in [0.29, 0.717) is 17.1 Å². The van der Waals surface area contributed by atoms with Gasteiger partial charge in [0.05, 0.1) is 6.04 Å². The molecule has 1 fully saturated rings. The van der Waals surface area contributed by atoms with E-state index in [-0.39, 0.29) is 24.4 Å². The van der Waals surface area contributed by atoms with Crippen LogP contribution in [0.15, 0.2) is 48.5 Å². The lowest BCUT2D eigenvalue weighted by Crippen LogP contribution is -2.36. The number of rotatable bonds is 5. The van der Waals surface area contributed by atoms with Crippen LogP contribution in [0.25, 0.3) is 0 Å². The maximum Gasteiger partial charge on any atom is 0.251 e. The van der Waals surface area contributed by atoms with Crippen molar-refractivity contribution in [1.29, 1.82) is 0 Å². The molecule has 1 amide bonds. The first-order chi connectivity index (χ1) is 11.6. The van der Waals surface area contributed by atoms with Crippen LogP contribution < -0.4 is 5.32 Å². The number of nitrogens with zero attached hydrogens (tertiary/aromatic N) is 1. The monoisotopic (exact) mass is 378 g/mol. The molecule has 0 spiro atoms. The Balaban J connectivity index is 0.00000225. The zero-order chi connectivity index (χ0) is 16.9. The summed E-state index contributed by atoms with van der Waals surface area (Å²) in [7, 11) is 0. The molecule has 1 heterocycles. The smallest absolute Gasteiger partial charge is 0.251 e. The van der Waals surface area contributed by atoms with Gasteiger partial charge in [-0.1, -0.05) is 41.4 Å². The largest absolute Gasteiger partial charge is 0.350 e. The number of nitrogens with one attached hydrogen (secondary N) is 1. The Labute approximate surface area is 160 Å². The lowest BCUT2D eigenvalue weighted by atomic mass is 10.0. The fourth-order valence-corrected chi connectivity index (χ4v) is 3.32. The Morgan fingerprint density at radius 3 is 2.28 bits per heavy atom. The number of amides is 1. The van der Waals surface area contributed by atoms with Crippen LogP contribution in [0.4, 0.5) is 0 Å². The van der Waals surface area contributed by atoms with E-state index in [0.717, 1.165) is 13.1 Å². The van der Waals surface area contributed by atoms with Gasteiger partial charge in [-0.15, -0.1) is 12.4 Å². The average molecular weight is 379 g/mol. The predicted octanol–water partition coefficient (Wildman–Crippen LogP) is 4.64. The van der Waals surface area contributed by atoms with Gasteiger partial charge in [0.2, 0.25) is 0 Å². The molecule has 1 aliphatic rings. The number of hydrogen-bond acceptors (Lipinski definition) is 2. The quantitative estimate of drug-likeness (QED) is 0.821. The van der Waals surface area contributed by atoms with Gasteiger partial charge in [-0.05, 0) is 62.7 Å². The summed E-state index contributed by atoms with van der Waals surface area (Å²) in [5.74, 6) is -0.0528. The van der Waals surface area contributed by atoms with Crippen molar-refractivity contribution in [3.63, 3.8) is 0 Å². The zero-order valence-corrected chi connectivity index (χ0v) is 15.9. The van der Waals surface area contributed by atoms with Crippen molar-refractivity contribution >= 4 is 29.9 Å². The number of hydrogen-bond donors (Lipinski definition) is 1. The maximum atomic E-state index is 12.4. The minimum Gasteiger partial charge on any atom is -0.350 e. The van der Waals surface area contributed by atoms with Crippen molar-refractivity contribution in [3.8, 4) is 0 Å². The van der Waals surface area contributed by atoms with E-state index in [2.05, 4.69) is 41.4 Å². The zero-order valence-electron chi connectivity index (χ0n) is 14.4. The van der Waals surface area contributed by atoms with E-state index in [1.807, 2.05) is 0 Å². The number of halogens is 2. The lowest BCUT2D eigenvalue weighted by Gasteiger charge is -2.28. The molecule has 1 unspecified atom stereocenters. The highest BCUT2D eigenvalue weighted by Crippen LogP contribution is 2.25. The van der Waals surface area contributed by atoms with Crippen LogP contribution in [0, 0.1) is 6.92 Å². The summed E-state index contributed by atoms with van der Waals surface area (Å²) in [6, 6.07) is 15.9. The van der Waals surface area contributed by atoms with Gasteiger partial charge in [0.1, 0.15) is 0 Å². The first-order valence-electron chi connectivity index (χ1n) is 8.48. The van der Waals surface area contributed by atoms with Crippen molar-refractivity contribution in [2.24, 2.45) is 0 Å². The molecular weight excluding hydrogens is 355 g/mol. The van der Waals surface area contributed by atoms with E-state index < -0.39 is 0 Å². The van der Waals surface area contributed by atoms with E-state index in [4.69, 9.17) is 11.6 Å². The average Bonchev–Trinajstić information content (AvgIpc) is 3.11. The van der Waals surface area contributed by atoms with Gasteiger partial charge in [-0.2, -0.15) is 0 Å². The fraction of sp³-hybridized carbons (Fsp3) is 0.350. The molecule has 3 rings (SSSR count). The lowest BCUT2D eigenvalue weighted by molar-refractivity contribution is 0.0938. The molecule has 1 atom stereocenters. The first-order valence-corrected chi connectivity index (χ1v) is 8.85. The van der Waals surface area contributed by atoms with E-state index in [9.17, 15) is 4.79 Å². The number of likely N-dealkylation sites (tertiary alicyclic amines) is 1. The Morgan fingerprint density at radius 2 is 1.68 bits per heavy atom. The number of carbonyl (C=O) groups is 1. The second kappa shape index (κ2) is 9.23. The van der Waals surface area contributed by atoms with Gasteiger partial charge in [0.25, 0.3) is 5.91 Å². The van der Waals surface area contributed by atoms with Crippen LogP contribution in [-0.4, -0.2) is 30.4 Å². The molecule has 134 valence electrons. The predicted molar refractivity (Wildman–Crippen MR) is 106 cm³/mol.